The van der Waals surface area contributed by atoms with Crippen molar-refractivity contribution in [1.29, 1.82) is 0 Å². The summed E-state index contributed by atoms with van der Waals surface area (Å²) in [4.78, 5) is 0. The van der Waals surface area contributed by atoms with Crippen molar-refractivity contribution in [3.63, 3.8) is 0 Å². The van der Waals surface area contributed by atoms with E-state index < -0.39 is 5.60 Å². The van der Waals surface area contributed by atoms with Crippen molar-refractivity contribution in [3.05, 3.63) is 47.0 Å². The van der Waals surface area contributed by atoms with Crippen LogP contribution in [0.5, 0.6) is 17.2 Å². The maximum absolute atomic E-state index is 9.79. The fourth-order valence-electron chi connectivity index (χ4n) is 2.79. The predicted octanol–water partition coefficient (Wildman–Crippen LogP) is 4.31. The predicted molar refractivity (Wildman–Crippen MR) is 111 cm³/mol. The van der Waals surface area contributed by atoms with E-state index in [1.165, 1.54) is 0 Å². The summed E-state index contributed by atoms with van der Waals surface area (Å²) in [7, 11) is 1.56. The van der Waals surface area contributed by atoms with E-state index in [-0.39, 0.29) is 5.75 Å². The van der Waals surface area contributed by atoms with Crippen molar-refractivity contribution in [2.24, 2.45) is 5.10 Å². The van der Waals surface area contributed by atoms with Gasteiger partial charge in [0.1, 0.15) is 22.8 Å². The molecule has 0 aliphatic carbocycles. The highest BCUT2D eigenvalue weighted by Gasteiger charge is 2.31. The molecular weight excluding hydrogens is 386 g/mol. The average molecular weight is 406 g/mol. The van der Waals surface area contributed by atoms with E-state index in [9.17, 15) is 5.11 Å². The number of nitrogens with one attached hydrogen (secondary N) is 2. The Kier molecular flexibility index (Phi) is 5.43. The van der Waals surface area contributed by atoms with Crippen LogP contribution in [0.15, 0.2) is 41.5 Å². The van der Waals surface area contributed by atoms with E-state index >= 15 is 0 Å². The second kappa shape index (κ2) is 7.62. The zero-order valence-corrected chi connectivity index (χ0v) is 16.7. The Labute approximate surface area is 168 Å². The Morgan fingerprint density at radius 2 is 2.07 bits per heavy atom. The van der Waals surface area contributed by atoms with Gasteiger partial charge < -0.3 is 19.9 Å². The van der Waals surface area contributed by atoms with Gasteiger partial charge in [-0.1, -0.05) is 11.6 Å². The van der Waals surface area contributed by atoms with E-state index in [1.807, 2.05) is 13.8 Å². The minimum atomic E-state index is -0.414. The summed E-state index contributed by atoms with van der Waals surface area (Å²) in [6, 6.07) is 10.2. The molecule has 0 radical (unpaired) electrons. The molecule has 27 heavy (non-hydrogen) atoms. The first-order valence-electron chi connectivity index (χ1n) is 8.27. The second-order valence-electron chi connectivity index (χ2n) is 6.69. The number of hydrazone groups is 1. The quantitative estimate of drug-likeness (QED) is 0.522. The van der Waals surface area contributed by atoms with Gasteiger partial charge >= 0.3 is 0 Å². The first kappa shape index (κ1) is 19.3. The van der Waals surface area contributed by atoms with Gasteiger partial charge in [0, 0.05) is 17.7 Å². The molecule has 0 fully saturated rings. The Morgan fingerprint density at radius 3 is 2.78 bits per heavy atom. The molecule has 0 bridgehead atoms. The number of phenols is 1. The van der Waals surface area contributed by atoms with Gasteiger partial charge in [-0.2, -0.15) is 5.10 Å². The van der Waals surface area contributed by atoms with Gasteiger partial charge in [-0.25, -0.2) is 0 Å². The Hall–Kier alpha value is -2.51. The highest BCUT2D eigenvalue weighted by molar-refractivity contribution is 7.80. The number of rotatable bonds is 3. The SMILES string of the molecule is COc1ccc(NC(=S)N/N=C2\CC(C)(C)Oc3ccc(O)cc32)cc1Cl. The molecule has 0 atom stereocenters. The van der Waals surface area contributed by atoms with Gasteiger partial charge in [-0.15, -0.1) is 0 Å². The standard InChI is InChI=1S/C19H20ClN3O3S/c1-19(2)10-15(13-9-12(24)5-7-16(13)26-19)22-23-18(27)21-11-4-6-17(25-3)14(20)8-11/h4-9,24H,10H2,1-3H3,(H2,21,23,27)/b22-15+. The molecule has 3 N–H and O–H groups in total. The van der Waals surface area contributed by atoms with Crippen LogP contribution in [0.2, 0.25) is 5.02 Å². The smallest absolute Gasteiger partial charge is 0.191 e. The molecule has 0 aromatic heterocycles. The number of anilines is 1. The number of thiocarbonyl (C=S) groups is 1. The normalized spacial score (nSPS) is 16.2. The topological polar surface area (TPSA) is 75.1 Å². The third-order valence-corrected chi connectivity index (χ3v) is 4.44. The molecule has 0 saturated heterocycles. The van der Waals surface area contributed by atoms with Crippen molar-refractivity contribution in [3.8, 4) is 17.2 Å². The Balaban J connectivity index is 1.76. The van der Waals surface area contributed by atoms with E-state index in [4.69, 9.17) is 33.3 Å². The molecule has 0 saturated carbocycles. The third kappa shape index (κ3) is 4.61. The summed E-state index contributed by atoms with van der Waals surface area (Å²) in [6.07, 6.45) is 0.563. The maximum Gasteiger partial charge on any atom is 0.191 e. The average Bonchev–Trinajstić information content (AvgIpc) is 2.60. The van der Waals surface area contributed by atoms with Crippen LogP contribution >= 0.6 is 23.8 Å². The number of fused-ring (bicyclic) bond motifs is 1. The van der Waals surface area contributed by atoms with Crippen LogP contribution in [0.3, 0.4) is 0 Å². The summed E-state index contributed by atoms with van der Waals surface area (Å²) < 4.78 is 11.1. The summed E-state index contributed by atoms with van der Waals surface area (Å²) in [5.41, 5.74) is 4.62. The molecule has 2 aromatic carbocycles. The number of halogens is 1. The van der Waals surface area contributed by atoms with Crippen LogP contribution in [0, 0.1) is 0 Å². The molecule has 1 aliphatic heterocycles. The number of hydrogen-bond acceptors (Lipinski definition) is 5. The Bertz CT molecular complexity index is 915. The lowest BCUT2D eigenvalue weighted by molar-refractivity contribution is 0.111. The minimum absolute atomic E-state index is 0.151. The summed E-state index contributed by atoms with van der Waals surface area (Å²) in [5, 5.41) is 18.0. The molecule has 3 rings (SSSR count). The zero-order valence-electron chi connectivity index (χ0n) is 15.2. The van der Waals surface area contributed by atoms with Crippen LogP contribution in [-0.2, 0) is 0 Å². The van der Waals surface area contributed by atoms with Crippen LogP contribution in [0.25, 0.3) is 0 Å². The zero-order chi connectivity index (χ0) is 19.6. The molecule has 1 heterocycles. The number of phenolic OH excluding ortho intramolecular Hbond substituents is 1. The number of nitrogens with zero attached hydrogens (tertiary/aromatic N) is 1. The van der Waals surface area contributed by atoms with Crippen LogP contribution < -0.4 is 20.2 Å². The van der Waals surface area contributed by atoms with Gasteiger partial charge in [-0.05, 0) is 62.5 Å². The highest BCUT2D eigenvalue weighted by Crippen LogP contribution is 2.35. The van der Waals surface area contributed by atoms with Crippen LogP contribution in [0.4, 0.5) is 5.69 Å². The monoisotopic (exact) mass is 405 g/mol. The van der Waals surface area contributed by atoms with Gasteiger partial charge in [-0.3, -0.25) is 5.43 Å². The maximum atomic E-state index is 9.79. The third-order valence-electron chi connectivity index (χ3n) is 3.96. The molecule has 6 nitrogen and oxygen atoms in total. The number of methoxy groups -OCH3 is 1. The van der Waals surface area contributed by atoms with Crippen molar-refractivity contribution in [2.75, 3.05) is 12.4 Å². The molecule has 0 spiro atoms. The summed E-state index contributed by atoms with van der Waals surface area (Å²) >= 11 is 11.4. The Morgan fingerprint density at radius 1 is 1.30 bits per heavy atom. The van der Waals surface area contributed by atoms with E-state index in [1.54, 1.807) is 43.5 Å². The first-order valence-corrected chi connectivity index (χ1v) is 9.05. The molecule has 1 aliphatic rings. The van der Waals surface area contributed by atoms with Crippen molar-refractivity contribution >= 4 is 40.3 Å². The number of hydrogen-bond donors (Lipinski definition) is 3. The van der Waals surface area contributed by atoms with E-state index in [2.05, 4.69) is 15.8 Å². The minimum Gasteiger partial charge on any atom is -0.508 e. The van der Waals surface area contributed by atoms with Gasteiger partial charge in [0.2, 0.25) is 0 Å². The number of benzene rings is 2. The molecular formula is C19H20ClN3O3S. The molecule has 142 valence electrons. The largest absolute Gasteiger partial charge is 0.508 e. The number of ether oxygens (including phenoxy) is 2. The van der Waals surface area contributed by atoms with Gasteiger partial charge in [0.15, 0.2) is 5.11 Å². The molecule has 0 unspecified atom stereocenters. The van der Waals surface area contributed by atoms with Crippen molar-refractivity contribution in [2.45, 2.75) is 25.9 Å². The summed E-state index contributed by atoms with van der Waals surface area (Å²) in [6.45, 7) is 3.96. The van der Waals surface area contributed by atoms with E-state index in [0.29, 0.717) is 33.7 Å². The van der Waals surface area contributed by atoms with Crippen molar-refractivity contribution < 1.29 is 14.6 Å². The lowest BCUT2D eigenvalue weighted by Crippen LogP contribution is -2.37. The highest BCUT2D eigenvalue weighted by atomic mass is 35.5. The summed E-state index contributed by atoms with van der Waals surface area (Å²) in [5.74, 6) is 1.41. The van der Waals surface area contributed by atoms with Crippen LogP contribution in [0.1, 0.15) is 25.8 Å². The second-order valence-corrected chi connectivity index (χ2v) is 7.51. The fourth-order valence-corrected chi connectivity index (χ4v) is 3.21. The molecule has 2 aromatic rings. The van der Waals surface area contributed by atoms with Gasteiger partial charge in [0.05, 0.1) is 17.8 Å². The van der Waals surface area contributed by atoms with Gasteiger partial charge in [0.25, 0.3) is 0 Å². The lowest BCUT2D eigenvalue weighted by atomic mass is 9.92. The molecule has 8 heteroatoms. The van der Waals surface area contributed by atoms with Crippen LogP contribution in [-0.4, -0.2) is 28.6 Å². The molecule has 0 amide bonds. The van der Waals surface area contributed by atoms with E-state index in [0.717, 1.165) is 11.3 Å². The fraction of sp³-hybridized carbons (Fsp3) is 0.263. The first-order chi connectivity index (χ1) is 12.8. The van der Waals surface area contributed by atoms with Crippen molar-refractivity contribution in [1.82, 2.24) is 5.43 Å². The lowest BCUT2D eigenvalue weighted by Gasteiger charge is -2.33. The number of aromatic hydroxyl groups is 1.